The normalized spacial score (nSPS) is 12.6. The van der Waals surface area contributed by atoms with Gasteiger partial charge in [-0.05, 0) is 41.7 Å². The van der Waals surface area contributed by atoms with Crippen LogP contribution in [0.15, 0.2) is 54.6 Å². The minimum atomic E-state index is -0.308. The smallest absolute Gasteiger partial charge is 0.201 e. The van der Waals surface area contributed by atoms with Crippen LogP contribution in [-0.2, 0) is 12.8 Å². The summed E-state index contributed by atoms with van der Waals surface area (Å²) < 4.78 is 0. The Labute approximate surface area is 146 Å². The first-order valence-corrected chi connectivity index (χ1v) is 8.29. The lowest BCUT2D eigenvalue weighted by atomic mass is 9.82. The van der Waals surface area contributed by atoms with Crippen molar-refractivity contribution in [1.29, 1.82) is 0 Å². The van der Waals surface area contributed by atoms with Gasteiger partial charge in [-0.1, -0.05) is 54.1 Å². The second kappa shape index (κ2) is 5.78. The number of carbonyl (C=O) groups is 1. The molecular weight excluding hydrogens is 312 g/mol. The number of phenols is 2. The van der Waals surface area contributed by atoms with Crippen LogP contribution < -0.4 is 0 Å². The number of aromatic hydroxyl groups is 2. The van der Waals surface area contributed by atoms with Gasteiger partial charge in [0.2, 0.25) is 5.78 Å². The minimum Gasteiger partial charge on any atom is -0.507 e. The van der Waals surface area contributed by atoms with E-state index in [9.17, 15) is 15.0 Å². The molecule has 3 nitrogen and oxygen atoms in total. The number of aryl methyl sites for hydroxylation is 1. The second-order valence-electron chi connectivity index (χ2n) is 6.59. The number of benzene rings is 3. The Hall–Kier alpha value is -3.07. The highest BCUT2D eigenvalue weighted by molar-refractivity contribution is 6.15. The van der Waals surface area contributed by atoms with Gasteiger partial charge < -0.3 is 10.2 Å². The maximum atomic E-state index is 12.9. The maximum Gasteiger partial charge on any atom is 0.201 e. The van der Waals surface area contributed by atoms with Gasteiger partial charge in [0.05, 0.1) is 11.1 Å². The molecule has 3 aromatic carbocycles. The maximum absolute atomic E-state index is 12.9. The molecule has 124 valence electrons. The van der Waals surface area contributed by atoms with Crippen LogP contribution in [0, 0.1) is 6.92 Å². The van der Waals surface area contributed by atoms with Crippen molar-refractivity contribution in [2.75, 3.05) is 0 Å². The van der Waals surface area contributed by atoms with E-state index in [2.05, 4.69) is 0 Å². The molecule has 0 spiro atoms. The summed E-state index contributed by atoms with van der Waals surface area (Å²) in [5, 5.41) is 20.8. The van der Waals surface area contributed by atoms with Crippen molar-refractivity contribution in [2.24, 2.45) is 0 Å². The number of fused-ring (bicyclic) bond motifs is 2. The topological polar surface area (TPSA) is 57.5 Å². The molecule has 0 aliphatic heterocycles. The number of carbonyl (C=O) groups excluding carboxylic acids is 1. The molecule has 3 heteroatoms. The van der Waals surface area contributed by atoms with Crippen LogP contribution in [0.5, 0.6) is 11.5 Å². The molecule has 3 aromatic rings. The van der Waals surface area contributed by atoms with Crippen LogP contribution in [0.1, 0.15) is 43.7 Å². The van der Waals surface area contributed by atoms with Gasteiger partial charge in [0, 0.05) is 6.42 Å². The fourth-order valence-corrected chi connectivity index (χ4v) is 3.47. The predicted molar refractivity (Wildman–Crippen MR) is 96.4 cm³/mol. The fourth-order valence-electron chi connectivity index (χ4n) is 3.47. The van der Waals surface area contributed by atoms with Crippen LogP contribution in [0.2, 0.25) is 0 Å². The van der Waals surface area contributed by atoms with E-state index in [4.69, 9.17) is 0 Å². The zero-order valence-corrected chi connectivity index (χ0v) is 13.9. The highest BCUT2D eigenvalue weighted by Crippen LogP contribution is 2.38. The van der Waals surface area contributed by atoms with Crippen molar-refractivity contribution in [3.63, 3.8) is 0 Å². The van der Waals surface area contributed by atoms with E-state index in [-0.39, 0.29) is 17.3 Å². The van der Waals surface area contributed by atoms with E-state index in [1.807, 2.05) is 49.4 Å². The quantitative estimate of drug-likeness (QED) is 0.581. The van der Waals surface area contributed by atoms with Crippen molar-refractivity contribution in [3.8, 4) is 11.5 Å². The Bertz CT molecular complexity index is 985. The van der Waals surface area contributed by atoms with Gasteiger partial charge in [-0.3, -0.25) is 4.79 Å². The zero-order valence-electron chi connectivity index (χ0n) is 13.9. The highest BCUT2D eigenvalue weighted by atomic mass is 16.3. The number of ketones is 1. The molecule has 0 saturated heterocycles. The van der Waals surface area contributed by atoms with Crippen LogP contribution in [-0.4, -0.2) is 16.0 Å². The first-order valence-electron chi connectivity index (χ1n) is 8.29. The Morgan fingerprint density at radius 3 is 2.36 bits per heavy atom. The van der Waals surface area contributed by atoms with Crippen molar-refractivity contribution in [1.82, 2.24) is 0 Å². The van der Waals surface area contributed by atoms with Crippen LogP contribution in [0.4, 0.5) is 0 Å². The second-order valence-corrected chi connectivity index (χ2v) is 6.59. The molecule has 0 bridgehead atoms. The summed E-state index contributed by atoms with van der Waals surface area (Å²) in [5.74, 6) is -0.314. The largest absolute Gasteiger partial charge is 0.507 e. The summed E-state index contributed by atoms with van der Waals surface area (Å²) in [4.78, 5) is 12.9. The zero-order chi connectivity index (χ0) is 17.6. The van der Waals surface area contributed by atoms with Gasteiger partial charge in [-0.25, -0.2) is 0 Å². The molecule has 1 aliphatic rings. The molecule has 0 amide bonds. The standard InChI is InChI=1S/C22H18O3/c1-13-5-7-14(8-6-13)11-17-10-9-16-12-15-3-2-4-18(23)19(15)22(25)20(16)21(17)24/h2-10,23-24H,11-12H2,1H3. The Kier molecular flexibility index (Phi) is 3.57. The molecule has 2 N–H and O–H groups in total. The molecular formula is C22H18O3. The minimum absolute atomic E-state index is 0.0250. The van der Waals surface area contributed by atoms with E-state index < -0.39 is 0 Å². The summed E-state index contributed by atoms with van der Waals surface area (Å²) in [6.07, 6.45) is 1.09. The predicted octanol–water partition coefficient (Wildman–Crippen LogP) is 4.13. The summed E-state index contributed by atoms with van der Waals surface area (Å²) in [6.45, 7) is 2.03. The summed E-state index contributed by atoms with van der Waals surface area (Å²) in [7, 11) is 0. The molecule has 1 aliphatic carbocycles. The monoisotopic (exact) mass is 330 g/mol. The van der Waals surface area contributed by atoms with Gasteiger partial charge in [0.1, 0.15) is 11.5 Å². The SMILES string of the molecule is Cc1ccc(Cc2ccc3c(c2O)C(=O)c2c(O)cccc2C3)cc1. The lowest BCUT2D eigenvalue weighted by molar-refractivity contribution is 0.102. The lowest BCUT2D eigenvalue weighted by Crippen LogP contribution is -2.16. The lowest BCUT2D eigenvalue weighted by Gasteiger charge is -2.21. The van der Waals surface area contributed by atoms with E-state index in [1.165, 1.54) is 11.6 Å². The van der Waals surface area contributed by atoms with Gasteiger partial charge in [-0.2, -0.15) is 0 Å². The van der Waals surface area contributed by atoms with Crippen molar-refractivity contribution >= 4 is 5.78 Å². The Balaban J connectivity index is 1.77. The summed E-state index contributed by atoms with van der Waals surface area (Å²) in [6, 6.07) is 17.0. The number of hydrogen-bond donors (Lipinski definition) is 2. The van der Waals surface area contributed by atoms with Crippen LogP contribution in [0.3, 0.4) is 0 Å². The molecule has 0 unspecified atom stereocenters. The highest BCUT2D eigenvalue weighted by Gasteiger charge is 2.29. The number of phenolic OH excluding ortho intramolecular Hbond substituents is 2. The molecule has 25 heavy (non-hydrogen) atoms. The molecule has 0 saturated carbocycles. The van der Waals surface area contributed by atoms with Crippen molar-refractivity contribution in [2.45, 2.75) is 19.8 Å². The van der Waals surface area contributed by atoms with E-state index in [0.717, 1.165) is 22.3 Å². The van der Waals surface area contributed by atoms with E-state index in [1.54, 1.807) is 6.07 Å². The number of hydrogen-bond acceptors (Lipinski definition) is 3. The van der Waals surface area contributed by atoms with Crippen LogP contribution >= 0.6 is 0 Å². The van der Waals surface area contributed by atoms with Crippen molar-refractivity contribution < 1.29 is 15.0 Å². The Morgan fingerprint density at radius 1 is 0.880 bits per heavy atom. The van der Waals surface area contributed by atoms with Gasteiger partial charge >= 0.3 is 0 Å². The van der Waals surface area contributed by atoms with Gasteiger partial charge in [-0.15, -0.1) is 0 Å². The van der Waals surface area contributed by atoms with Crippen LogP contribution in [0.25, 0.3) is 0 Å². The third-order valence-corrected chi connectivity index (χ3v) is 4.83. The summed E-state index contributed by atoms with van der Waals surface area (Å²) >= 11 is 0. The third-order valence-electron chi connectivity index (χ3n) is 4.83. The first-order chi connectivity index (χ1) is 12.0. The number of rotatable bonds is 2. The molecule has 4 rings (SSSR count). The summed E-state index contributed by atoms with van der Waals surface area (Å²) in [5.41, 5.74) is 5.19. The molecule has 0 aromatic heterocycles. The first kappa shape index (κ1) is 15.5. The van der Waals surface area contributed by atoms with Gasteiger partial charge in [0.15, 0.2) is 0 Å². The Morgan fingerprint density at radius 2 is 1.60 bits per heavy atom. The van der Waals surface area contributed by atoms with Crippen molar-refractivity contribution in [3.05, 3.63) is 93.5 Å². The average Bonchev–Trinajstić information content (AvgIpc) is 2.59. The molecule has 0 fully saturated rings. The van der Waals surface area contributed by atoms with E-state index in [0.29, 0.717) is 24.0 Å². The van der Waals surface area contributed by atoms with E-state index >= 15 is 0 Å². The average molecular weight is 330 g/mol. The van der Waals surface area contributed by atoms with Gasteiger partial charge in [0.25, 0.3) is 0 Å². The molecule has 0 heterocycles. The third kappa shape index (κ3) is 2.58. The molecule has 0 radical (unpaired) electrons. The molecule has 0 atom stereocenters. The fraction of sp³-hybridized carbons (Fsp3) is 0.136.